The minimum absolute atomic E-state index is 2.47. The summed E-state index contributed by atoms with van der Waals surface area (Å²) in [4.78, 5) is 0. The normalized spacial score (nSPS) is 11.4. The van der Waals surface area contributed by atoms with Crippen LogP contribution in [0, 0.1) is 87.3 Å². The first-order chi connectivity index (χ1) is 15.7. The van der Waals surface area contributed by atoms with Crippen LogP contribution >= 0.6 is 0 Å². The molecule has 0 spiro atoms. The number of hydrogen-bond acceptors (Lipinski definition) is 0. The molecule has 0 unspecified atom stereocenters. The van der Waals surface area contributed by atoms with Gasteiger partial charge in [0, 0.05) is 0 Å². The van der Waals surface area contributed by atoms with Crippen LogP contribution in [0.15, 0.2) is 0 Å². The van der Waals surface area contributed by atoms with Crippen molar-refractivity contribution in [1.29, 1.82) is 0 Å². The fraction of sp³-hybridized carbons (Fsp3) is 0. The Kier molecular flexibility index (Phi) is 6.85. The summed E-state index contributed by atoms with van der Waals surface area (Å²) in [5, 5.41) is 0. The van der Waals surface area contributed by atoms with Crippen LogP contribution in [0.1, 0.15) is 0 Å². The summed E-state index contributed by atoms with van der Waals surface area (Å²) < 4.78 is 202. The molecule has 3 rings (SSSR count). The van der Waals surface area contributed by atoms with E-state index in [4.69, 9.17) is 0 Å². The number of benzene rings is 3. The van der Waals surface area contributed by atoms with Crippen molar-refractivity contribution in [2.45, 2.75) is 0 Å². The van der Waals surface area contributed by atoms with Gasteiger partial charge in [-0.15, -0.1) is 0 Å². The van der Waals surface area contributed by atoms with E-state index >= 15 is 0 Å². The molecule has 0 fully saturated rings. The molecule has 0 atom stereocenters. The van der Waals surface area contributed by atoms with Crippen molar-refractivity contribution >= 4 is 31.4 Å². The van der Waals surface area contributed by atoms with Gasteiger partial charge in [-0.05, 0) is 0 Å². The van der Waals surface area contributed by atoms with E-state index in [1.807, 2.05) is 0 Å². The Bertz CT molecular complexity index is 1110. The van der Waals surface area contributed by atoms with Crippen molar-refractivity contribution in [3.05, 3.63) is 87.3 Å². The first-order valence-corrected chi connectivity index (χ1v) is 13.1. The van der Waals surface area contributed by atoms with E-state index in [-0.39, 0.29) is 0 Å². The molecule has 0 saturated heterocycles. The summed E-state index contributed by atoms with van der Waals surface area (Å²) in [6.45, 7) is 0. The van der Waals surface area contributed by atoms with Crippen LogP contribution in [0.5, 0.6) is 0 Å². The first kappa shape index (κ1) is 26.1. The molecule has 16 heteroatoms. The maximum absolute atomic E-state index is 14.4. The SMILES string of the molecule is Fc1c(F)c(F)[c]([In]([c]2c(F)c(F)c(F)c(F)c2F)[c]2c(F)c(F)c(F)c(F)c2F)c(F)c1F. The Balaban J connectivity index is 2.68. The third kappa shape index (κ3) is 3.60. The van der Waals surface area contributed by atoms with Gasteiger partial charge in [0.25, 0.3) is 0 Å². The van der Waals surface area contributed by atoms with Crippen molar-refractivity contribution in [2.75, 3.05) is 0 Å². The number of rotatable bonds is 3. The minimum atomic E-state index is -6.99. The second-order valence-corrected chi connectivity index (χ2v) is 13.8. The van der Waals surface area contributed by atoms with Gasteiger partial charge in [-0.25, -0.2) is 0 Å². The molecule has 0 N–H and O–H groups in total. The average Bonchev–Trinajstić information content (AvgIpc) is 2.81. The Morgan fingerprint density at radius 1 is 0.206 bits per heavy atom. The predicted octanol–water partition coefficient (Wildman–Crippen LogP) is 4.29. The molecule has 0 radical (unpaired) electrons. The predicted molar refractivity (Wildman–Crippen MR) is 83.4 cm³/mol. The second-order valence-electron chi connectivity index (χ2n) is 6.38. The summed E-state index contributed by atoms with van der Waals surface area (Å²) in [5.41, 5.74) is 0. The van der Waals surface area contributed by atoms with Crippen molar-refractivity contribution in [3.8, 4) is 0 Å². The summed E-state index contributed by atoms with van der Waals surface area (Å²) in [7, 11) is 0. The molecule has 0 bridgehead atoms. The molecule has 0 heterocycles. The van der Waals surface area contributed by atoms with Crippen molar-refractivity contribution in [3.63, 3.8) is 0 Å². The number of halogens is 15. The van der Waals surface area contributed by atoms with Gasteiger partial charge in [0.15, 0.2) is 0 Å². The molecule has 3 aromatic carbocycles. The average molecular weight is 616 g/mol. The van der Waals surface area contributed by atoms with Crippen LogP contribution in [0.3, 0.4) is 0 Å². The third-order valence-electron chi connectivity index (χ3n) is 4.60. The molecule has 0 amide bonds. The zero-order chi connectivity index (χ0) is 26.0. The van der Waals surface area contributed by atoms with E-state index in [2.05, 4.69) is 0 Å². The quantitative estimate of drug-likeness (QED) is 0.234. The fourth-order valence-electron chi connectivity index (χ4n) is 3.06. The molecular formula is C18F15In. The standard InChI is InChI=1S/3C6F5.In/c3*7-2-1-3(8)5(10)6(11)4(2)9;. The molecule has 0 aliphatic rings. The van der Waals surface area contributed by atoms with Gasteiger partial charge >= 0.3 is 185 Å². The third-order valence-corrected chi connectivity index (χ3v) is 13.9. The first-order valence-electron chi connectivity index (χ1n) is 8.20. The van der Waals surface area contributed by atoms with Gasteiger partial charge in [0.05, 0.1) is 0 Å². The Morgan fingerprint density at radius 3 is 0.471 bits per heavy atom. The zero-order valence-electron chi connectivity index (χ0n) is 15.2. The van der Waals surface area contributed by atoms with Gasteiger partial charge < -0.3 is 0 Å². The summed E-state index contributed by atoms with van der Waals surface area (Å²) in [5.74, 6) is -44.2. The van der Waals surface area contributed by atoms with Gasteiger partial charge in [-0.1, -0.05) is 0 Å². The van der Waals surface area contributed by atoms with Crippen LogP contribution in [-0.4, -0.2) is 21.4 Å². The van der Waals surface area contributed by atoms with Gasteiger partial charge in [0.2, 0.25) is 0 Å². The maximum atomic E-state index is 14.4. The molecular weight excluding hydrogens is 616 g/mol. The Morgan fingerprint density at radius 2 is 0.324 bits per heavy atom. The van der Waals surface area contributed by atoms with Gasteiger partial charge in [-0.3, -0.25) is 0 Å². The van der Waals surface area contributed by atoms with Crippen molar-refractivity contribution < 1.29 is 65.9 Å². The van der Waals surface area contributed by atoms with Crippen molar-refractivity contribution in [1.82, 2.24) is 0 Å². The summed E-state index contributed by atoms with van der Waals surface area (Å²) >= 11 is -6.99. The van der Waals surface area contributed by atoms with E-state index in [1.165, 1.54) is 0 Å². The van der Waals surface area contributed by atoms with E-state index in [1.54, 1.807) is 0 Å². The van der Waals surface area contributed by atoms with E-state index in [0.717, 1.165) is 0 Å². The summed E-state index contributed by atoms with van der Waals surface area (Å²) in [6, 6.07) is 0. The van der Waals surface area contributed by atoms with Crippen LogP contribution in [0.2, 0.25) is 0 Å². The van der Waals surface area contributed by atoms with Crippen LogP contribution < -0.4 is 9.96 Å². The molecule has 0 saturated carbocycles. The van der Waals surface area contributed by atoms with E-state index in [9.17, 15) is 65.9 Å². The molecule has 0 aliphatic heterocycles. The topological polar surface area (TPSA) is 0 Å². The monoisotopic (exact) mass is 616 g/mol. The Labute approximate surface area is 184 Å². The van der Waals surface area contributed by atoms with Crippen LogP contribution in [-0.2, 0) is 0 Å². The van der Waals surface area contributed by atoms with Crippen LogP contribution in [0.4, 0.5) is 65.9 Å². The molecule has 0 aromatic heterocycles. The van der Waals surface area contributed by atoms with Gasteiger partial charge in [-0.2, -0.15) is 0 Å². The Hall–Kier alpha value is -2.52. The van der Waals surface area contributed by atoms with E-state index < -0.39 is 119 Å². The fourth-order valence-corrected chi connectivity index (χ4v) is 12.0. The van der Waals surface area contributed by atoms with Gasteiger partial charge in [0.1, 0.15) is 0 Å². The number of hydrogen-bond donors (Lipinski definition) is 0. The zero-order valence-corrected chi connectivity index (χ0v) is 18.5. The van der Waals surface area contributed by atoms with Crippen LogP contribution in [0.25, 0.3) is 0 Å². The second kappa shape index (κ2) is 8.92. The summed E-state index contributed by atoms with van der Waals surface area (Å²) in [6.07, 6.45) is 0. The molecule has 0 nitrogen and oxygen atoms in total. The van der Waals surface area contributed by atoms with Crippen molar-refractivity contribution in [2.24, 2.45) is 0 Å². The molecule has 34 heavy (non-hydrogen) atoms. The molecule has 0 aliphatic carbocycles. The molecule has 3 aromatic rings. The molecule has 180 valence electrons. The van der Waals surface area contributed by atoms with E-state index in [0.29, 0.717) is 0 Å².